The van der Waals surface area contributed by atoms with Crippen LogP contribution in [-0.4, -0.2) is 45.1 Å². The number of aromatic nitrogens is 3. The number of hydrazine groups is 1. The van der Waals surface area contributed by atoms with E-state index in [4.69, 9.17) is 44.3 Å². The first-order valence-corrected chi connectivity index (χ1v) is 11.4. The Hall–Kier alpha value is -2.72. The maximum atomic E-state index is 11.7. The molecule has 0 radical (unpaired) electrons. The summed E-state index contributed by atoms with van der Waals surface area (Å²) in [6.45, 7) is 2.58. The van der Waals surface area contributed by atoms with Gasteiger partial charge in [-0.25, -0.2) is 10.5 Å². The zero-order valence-electron chi connectivity index (χ0n) is 18.2. The van der Waals surface area contributed by atoms with E-state index in [1.807, 2.05) is 23.1 Å². The molecule has 11 heteroatoms. The maximum Gasteiger partial charge on any atom is 0.327 e. The van der Waals surface area contributed by atoms with E-state index >= 15 is 0 Å². The van der Waals surface area contributed by atoms with Gasteiger partial charge in [0.2, 0.25) is 0 Å². The fourth-order valence-corrected chi connectivity index (χ4v) is 4.30. The van der Waals surface area contributed by atoms with Gasteiger partial charge in [-0.1, -0.05) is 29.3 Å². The minimum Gasteiger partial charge on any atom is -0.465 e. The van der Waals surface area contributed by atoms with Crippen LogP contribution in [0, 0.1) is 0 Å². The van der Waals surface area contributed by atoms with E-state index in [9.17, 15) is 4.79 Å². The third-order valence-electron chi connectivity index (χ3n) is 5.41. The van der Waals surface area contributed by atoms with Gasteiger partial charge in [0.25, 0.3) is 0 Å². The SMILES string of the molecule is CCOC(=O)CN(N)/C=C(\N)n1cc(-c2cnn(C3CCCCO3)c2)c2ccc(Cl)c(Cl)c21. The molecule has 4 N–H and O–H groups in total. The highest BCUT2D eigenvalue weighted by Crippen LogP contribution is 2.39. The summed E-state index contributed by atoms with van der Waals surface area (Å²) in [5, 5.41) is 7.27. The number of carbonyl (C=O) groups is 1. The van der Waals surface area contributed by atoms with E-state index in [1.54, 1.807) is 23.8 Å². The van der Waals surface area contributed by atoms with Crippen molar-refractivity contribution in [1.82, 2.24) is 19.4 Å². The number of nitrogens with two attached hydrogens (primary N) is 2. The van der Waals surface area contributed by atoms with Gasteiger partial charge in [0.05, 0.1) is 34.6 Å². The van der Waals surface area contributed by atoms with Crippen LogP contribution in [0.25, 0.3) is 27.9 Å². The van der Waals surface area contributed by atoms with Crippen LogP contribution in [0.3, 0.4) is 0 Å². The van der Waals surface area contributed by atoms with Crippen LogP contribution in [0.4, 0.5) is 0 Å². The van der Waals surface area contributed by atoms with Gasteiger partial charge in [0.15, 0.2) is 0 Å². The van der Waals surface area contributed by atoms with Gasteiger partial charge >= 0.3 is 5.97 Å². The third-order valence-corrected chi connectivity index (χ3v) is 6.21. The Morgan fingerprint density at radius 3 is 2.91 bits per heavy atom. The van der Waals surface area contributed by atoms with Crippen molar-refractivity contribution in [2.24, 2.45) is 11.6 Å². The summed E-state index contributed by atoms with van der Waals surface area (Å²) in [7, 11) is 0. The van der Waals surface area contributed by atoms with Gasteiger partial charge in [0.1, 0.15) is 18.6 Å². The molecule has 33 heavy (non-hydrogen) atoms. The molecule has 1 aromatic carbocycles. The molecule has 0 saturated carbocycles. The molecule has 9 nitrogen and oxygen atoms in total. The summed E-state index contributed by atoms with van der Waals surface area (Å²) in [5.41, 5.74) is 8.73. The Labute approximate surface area is 201 Å². The van der Waals surface area contributed by atoms with Gasteiger partial charge in [-0.15, -0.1) is 0 Å². The maximum absolute atomic E-state index is 11.7. The standard InChI is InChI=1S/C22H26Cl2N6O3/c1-2-32-20(31)13-28(26)12-18(25)29-11-16(15-6-7-17(23)21(24)22(15)29)14-9-27-30(10-14)19-5-3-4-8-33-19/h6-7,9-12,19H,2-5,8,13,25-26H2,1H3/b18-12+. The number of hydrogen-bond donors (Lipinski definition) is 2. The Kier molecular flexibility index (Phi) is 7.14. The second-order valence-corrected chi connectivity index (χ2v) is 8.52. The highest BCUT2D eigenvalue weighted by Gasteiger charge is 2.21. The van der Waals surface area contributed by atoms with Crippen molar-refractivity contribution in [3.63, 3.8) is 0 Å². The normalized spacial score (nSPS) is 16.8. The van der Waals surface area contributed by atoms with Crippen molar-refractivity contribution in [3.05, 3.63) is 47.0 Å². The second-order valence-electron chi connectivity index (χ2n) is 7.73. The highest BCUT2D eigenvalue weighted by atomic mass is 35.5. The molecule has 1 atom stereocenters. The number of esters is 1. The van der Waals surface area contributed by atoms with E-state index in [2.05, 4.69) is 5.10 Å². The highest BCUT2D eigenvalue weighted by molar-refractivity contribution is 6.45. The number of hydrogen-bond acceptors (Lipinski definition) is 7. The number of rotatable bonds is 7. The quantitative estimate of drug-likeness (QED) is 0.291. The number of halogens is 2. The lowest BCUT2D eigenvalue weighted by Gasteiger charge is -2.22. The van der Waals surface area contributed by atoms with Crippen molar-refractivity contribution in [1.29, 1.82) is 0 Å². The lowest BCUT2D eigenvalue weighted by atomic mass is 10.1. The van der Waals surface area contributed by atoms with Crippen molar-refractivity contribution < 1.29 is 14.3 Å². The fraction of sp³-hybridized carbons (Fsp3) is 0.364. The van der Waals surface area contributed by atoms with Crippen molar-refractivity contribution in [3.8, 4) is 11.1 Å². The summed E-state index contributed by atoms with van der Waals surface area (Å²) in [5.74, 6) is 5.73. The van der Waals surface area contributed by atoms with E-state index in [0.717, 1.165) is 47.4 Å². The summed E-state index contributed by atoms with van der Waals surface area (Å²) < 4.78 is 14.3. The van der Waals surface area contributed by atoms with Gasteiger partial charge in [-0.3, -0.25) is 9.36 Å². The number of carbonyl (C=O) groups excluding carboxylic acids is 1. The molecule has 1 saturated heterocycles. The van der Waals surface area contributed by atoms with Crippen LogP contribution in [0.2, 0.25) is 10.0 Å². The smallest absolute Gasteiger partial charge is 0.327 e. The second kappa shape index (κ2) is 10.0. The van der Waals surface area contributed by atoms with Crippen LogP contribution < -0.4 is 11.6 Å². The zero-order valence-corrected chi connectivity index (χ0v) is 19.7. The molecule has 0 aliphatic carbocycles. The van der Waals surface area contributed by atoms with E-state index in [-0.39, 0.29) is 25.2 Å². The molecule has 0 spiro atoms. The van der Waals surface area contributed by atoms with Crippen molar-refractivity contribution in [2.45, 2.75) is 32.4 Å². The molecular formula is C22H26Cl2N6O3. The Bertz CT molecular complexity index is 1180. The first-order chi connectivity index (χ1) is 15.9. The van der Waals surface area contributed by atoms with Crippen molar-refractivity contribution in [2.75, 3.05) is 19.8 Å². The molecule has 0 bridgehead atoms. The molecule has 176 valence electrons. The van der Waals surface area contributed by atoms with E-state index in [1.165, 1.54) is 6.20 Å². The zero-order chi connectivity index (χ0) is 23.5. The Morgan fingerprint density at radius 1 is 1.36 bits per heavy atom. The van der Waals surface area contributed by atoms with Crippen LogP contribution in [0.5, 0.6) is 0 Å². The first-order valence-electron chi connectivity index (χ1n) is 10.7. The average Bonchev–Trinajstić information content (AvgIpc) is 3.42. The van der Waals surface area contributed by atoms with E-state index in [0.29, 0.717) is 15.6 Å². The molecule has 1 aliphatic heterocycles. The lowest BCUT2D eigenvalue weighted by molar-refractivity contribution is -0.143. The van der Waals surface area contributed by atoms with Gasteiger partial charge < -0.3 is 20.2 Å². The largest absolute Gasteiger partial charge is 0.465 e. The molecule has 1 fully saturated rings. The molecule has 2 aromatic heterocycles. The fourth-order valence-electron chi connectivity index (χ4n) is 3.89. The Morgan fingerprint density at radius 2 is 2.18 bits per heavy atom. The minimum atomic E-state index is -0.458. The molecule has 0 amide bonds. The summed E-state index contributed by atoms with van der Waals surface area (Å²) in [6.07, 6.45) is 10.1. The number of nitrogens with zero attached hydrogens (tertiary/aromatic N) is 4. The third kappa shape index (κ3) is 4.96. The lowest BCUT2D eigenvalue weighted by Crippen LogP contribution is -2.33. The monoisotopic (exact) mass is 492 g/mol. The van der Waals surface area contributed by atoms with Crippen LogP contribution in [0.15, 0.2) is 36.9 Å². The average molecular weight is 493 g/mol. The molecule has 4 rings (SSSR count). The molecule has 1 aliphatic rings. The first kappa shape index (κ1) is 23.4. The van der Waals surface area contributed by atoms with E-state index < -0.39 is 5.97 Å². The number of ether oxygens (including phenoxy) is 2. The minimum absolute atomic E-state index is 0.0717. The van der Waals surface area contributed by atoms with Crippen molar-refractivity contribution >= 4 is 45.9 Å². The predicted octanol–water partition coefficient (Wildman–Crippen LogP) is 3.96. The molecule has 3 heterocycles. The van der Waals surface area contributed by atoms with Gasteiger partial charge in [-0.2, -0.15) is 5.10 Å². The van der Waals surface area contributed by atoms with Gasteiger partial charge in [-0.05, 0) is 32.3 Å². The summed E-state index contributed by atoms with van der Waals surface area (Å²) >= 11 is 12.9. The Balaban J connectivity index is 1.73. The number of benzene rings is 1. The summed E-state index contributed by atoms with van der Waals surface area (Å²) in [4.78, 5) is 11.7. The van der Waals surface area contributed by atoms with Crippen LogP contribution in [0.1, 0.15) is 32.4 Å². The molecule has 1 unspecified atom stereocenters. The summed E-state index contributed by atoms with van der Waals surface area (Å²) in [6, 6.07) is 3.63. The van der Waals surface area contributed by atoms with Gasteiger partial charge in [0, 0.05) is 35.5 Å². The number of fused-ring (bicyclic) bond motifs is 1. The topological polar surface area (TPSA) is 114 Å². The molecule has 3 aromatic rings. The van der Waals surface area contributed by atoms with Crippen LogP contribution in [-0.2, 0) is 14.3 Å². The predicted molar refractivity (Wildman–Crippen MR) is 128 cm³/mol. The molecular weight excluding hydrogens is 467 g/mol. The van der Waals surface area contributed by atoms with Crippen LogP contribution >= 0.6 is 23.2 Å².